The van der Waals surface area contributed by atoms with Gasteiger partial charge in [0, 0.05) is 33.5 Å². The van der Waals surface area contributed by atoms with E-state index in [1.54, 1.807) is 0 Å². The maximum Gasteiger partial charge on any atom is 0.139 e. The topological polar surface area (TPSA) is 56.5 Å². The van der Waals surface area contributed by atoms with E-state index in [2.05, 4.69) is 79.8 Å². The van der Waals surface area contributed by atoms with Gasteiger partial charge in [-0.3, -0.25) is 9.97 Å². The fourth-order valence-electron chi connectivity index (χ4n) is 3.26. The predicted molar refractivity (Wildman–Crippen MR) is 120 cm³/mol. The SMILES string of the molecule is Cc1cccc(-c2nnn(C[Si](C)(C)C)c2-c2ccc3ncc(Br)cc3c2)n1. The molecule has 0 N–H and O–H groups in total. The first-order valence-electron chi connectivity index (χ1n) is 9.23. The van der Waals surface area contributed by atoms with Crippen molar-refractivity contribution in [2.75, 3.05) is 0 Å². The molecule has 4 aromatic rings. The second-order valence-electron chi connectivity index (χ2n) is 8.23. The third kappa shape index (κ3) is 3.91. The smallest absolute Gasteiger partial charge is 0.139 e. The van der Waals surface area contributed by atoms with Crippen LogP contribution in [0.4, 0.5) is 0 Å². The lowest BCUT2D eigenvalue weighted by atomic mass is 10.0. The molecule has 7 heteroatoms. The number of aryl methyl sites for hydroxylation is 1. The van der Waals surface area contributed by atoms with Gasteiger partial charge in [0.1, 0.15) is 5.69 Å². The minimum absolute atomic E-state index is 0.823. The molecule has 0 saturated carbocycles. The van der Waals surface area contributed by atoms with Crippen LogP contribution in [0, 0.1) is 6.92 Å². The lowest BCUT2D eigenvalue weighted by Gasteiger charge is -2.17. The molecule has 0 radical (unpaired) electrons. The van der Waals surface area contributed by atoms with Crippen molar-refractivity contribution in [1.82, 2.24) is 25.0 Å². The summed E-state index contributed by atoms with van der Waals surface area (Å²) in [5.74, 6) is 0. The Balaban J connectivity index is 1.94. The van der Waals surface area contributed by atoms with Crippen LogP contribution in [-0.2, 0) is 6.17 Å². The quantitative estimate of drug-likeness (QED) is 0.384. The normalized spacial score (nSPS) is 11.9. The average Bonchev–Trinajstić information content (AvgIpc) is 3.02. The molecule has 3 heterocycles. The zero-order valence-electron chi connectivity index (χ0n) is 16.4. The molecule has 0 bridgehead atoms. The molecule has 1 aromatic carbocycles. The largest absolute Gasteiger partial charge is 0.255 e. The second kappa shape index (κ2) is 7.22. The van der Waals surface area contributed by atoms with E-state index in [0.29, 0.717) is 0 Å². The van der Waals surface area contributed by atoms with Gasteiger partial charge in [0.05, 0.1) is 25.0 Å². The fourth-order valence-corrected chi connectivity index (χ4v) is 4.73. The third-order valence-corrected chi connectivity index (χ3v) is 6.09. The van der Waals surface area contributed by atoms with Crippen molar-refractivity contribution in [2.24, 2.45) is 0 Å². The van der Waals surface area contributed by atoms with E-state index in [9.17, 15) is 0 Å². The molecule has 3 aromatic heterocycles. The number of aromatic nitrogens is 5. The van der Waals surface area contributed by atoms with Crippen molar-refractivity contribution in [3.05, 3.63) is 58.8 Å². The van der Waals surface area contributed by atoms with Crippen LogP contribution >= 0.6 is 15.9 Å². The minimum Gasteiger partial charge on any atom is -0.255 e. The standard InChI is InChI=1S/C21H22BrN5Si/c1-14-6-5-7-19(24-14)20-21(27(26-25-20)13-28(2,3)4)15-8-9-18-16(10-15)11-17(22)12-23-18/h5-12H,13H2,1-4H3. The van der Waals surface area contributed by atoms with E-state index in [1.807, 2.05) is 31.3 Å². The van der Waals surface area contributed by atoms with E-state index in [1.165, 1.54) is 0 Å². The Bertz CT molecular complexity index is 1160. The van der Waals surface area contributed by atoms with E-state index >= 15 is 0 Å². The van der Waals surface area contributed by atoms with Crippen LogP contribution in [0.2, 0.25) is 19.6 Å². The van der Waals surface area contributed by atoms with Crippen molar-refractivity contribution in [3.63, 3.8) is 0 Å². The molecular formula is C21H22BrN5Si. The first-order valence-corrected chi connectivity index (χ1v) is 13.7. The van der Waals surface area contributed by atoms with Crippen LogP contribution < -0.4 is 0 Å². The van der Waals surface area contributed by atoms with Crippen LogP contribution in [0.25, 0.3) is 33.5 Å². The van der Waals surface area contributed by atoms with Gasteiger partial charge in [-0.25, -0.2) is 4.68 Å². The molecule has 142 valence electrons. The zero-order chi connectivity index (χ0) is 19.9. The van der Waals surface area contributed by atoms with Crippen molar-refractivity contribution in [2.45, 2.75) is 32.7 Å². The van der Waals surface area contributed by atoms with Gasteiger partial charge in [-0.05, 0) is 53.2 Å². The Labute approximate surface area is 174 Å². The monoisotopic (exact) mass is 451 g/mol. The Morgan fingerprint density at radius 2 is 1.89 bits per heavy atom. The fraction of sp³-hybridized carbons (Fsp3) is 0.238. The average molecular weight is 452 g/mol. The summed E-state index contributed by atoms with van der Waals surface area (Å²) < 4.78 is 3.02. The maximum absolute atomic E-state index is 4.69. The highest BCUT2D eigenvalue weighted by Gasteiger charge is 2.23. The number of hydrogen-bond acceptors (Lipinski definition) is 4. The van der Waals surface area contributed by atoms with Crippen LogP contribution in [0.1, 0.15) is 5.69 Å². The van der Waals surface area contributed by atoms with E-state index < -0.39 is 8.07 Å². The van der Waals surface area contributed by atoms with Gasteiger partial charge >= 0.3 is 0 Å². The highest BCUT2D eigenvalue weighted by atomic mass is 79.9. The summed E-state index contributed by atoms with van der Waals surface area (Å²) in [6.07, 6.45) is 2.72. The van der Waals surface area contributed by atoms with Gasteiger partial charge in [-0.1, -0.05) is 37.0 Å². The predicted octanol–water partition coefficient (Wildman–Crippen LogP) is 5.50. The van der Waals surface area contributed by atoms with Crippen LogP contribution in [0.5, 0.6) is 0 Å². The molecule has 28 heavy (non-hydrogen) atoms. The number of hydrogen-bond donors (Lipinski definition) is 0. The molecule has 0 spiro atoms. The molecule has 0 unspecified atom stereocenters. The maximum atomic E-state index is 4.69. The first kappa shape index (κ1) is 19.0. The van der Waals surface area contributed by atoms with Crippen LogP contribution in [-0.4, -0.2) is 33.0 Å². The number of rotatable bonds is 4. The number of fused-ring (bicyclic) bond motifs is 1. The number of halogens is 1. The highest BCUT2D eigenvalue weighted by Crippen LogP contribution is 2.32. The van der Waals surface area contributed by atoms with Gasteiger partial charge in [0.25, 0.3) is 0 Å². The van der Waals surface area contributed by atoms with E-state index in [-0.39, 0.29) is 0 Å². The summed E-state index contributed by atoms with van der Waals surface area (Å²) >= 11 is 3.52. The minimum atomic E-state index is -1.40. The Morgan fingerprint density at radius 1 is 1.07 bits per heavy atom. The first-order chi connectivity index (χ1) is 13.3. The van der Waals surface area contributed by atoms with Crippen molar-refractivity contribution >= 4 is 34.9 Å². The lowest BCUT2D eigenvalue weighted by molar-refractivity contribution is 0.687. The number of nitrogens with zero attached hydrogens (tertiary/aromatic N) is 5. The molecule has 0 atom stereocenters. The number of pyridine rings is 2. The highest BCUT2D eigenvalue weighted by molar-refractivity contribution is 9.10. The molecule has 0 aliphatic carbocycles. The summed E-state index contributed by atoms with van der Waals surface area (Å²) in [5, 5.41) is 10.1. The lowest BCUT2D eigenvalue weighted by Crippen LogP contribution is -2.29. The summed E-state index contributed by atoms with van der Waals surface area (Å²) in [7, 11) is -1.40. The van der Waals surface area contributed by atoms with Crippen molar-refractivity contribution in [1.29, 1.82) is 0 Å². The zero-order valence-corrected chi connectivity index (χ0v) is 19.0. The van der Waals surface area contributed by atoms with E-state index in [4.69, 9.17) is 4.98 Å². The van der Waals surface area contributed by atoms with Crippen LogP contribution in [0.3, 0.4) is 0 Å². The molecule has 0 aliphatic heterocycles. The molecular weight excluding hydrogens is 430 g/mol. The van der Waals surface area contributed by atoms with Crippen molar-refractivity contribution in [3.8, 4) is 22.6 Å². The van der Waals surface area contributed by atoms with E-state index in [0.717, 1.165) is 49.9 Å². The summed E-state index contributed by atoms with van der Waals surface area (Å²) in [5.41, 5.74) is 5.70. The van der Waals surface area contributed by atoms with Gasteiger partial charge in [-0.15, -0.1) is 5.10 Å². The van der Waals surface area contributed by atoms with Crippen molar-refractivity contribution < 1.29 is 0 Å². The molecule has 0 fully saturated rings. The molecule has 0 aliphatic rings. The number of benzene rings is 1. The summed E-state index contributed by atoms with van der Waals surface area (Å²) in [4.78, 5) is 9.18. The van der Waals surface area contributed by atoms with Crippen LogP contribution in [0.15, 0.2) is 53.1 Å². The Morgan fingerprint density at radius 3 is 2.64 bits per heavy atom. The third-order valence-electron chi connectivity index (χ3n) is 4.41. The Kier molecular flexibility index (Phi) is 4.89. The second-order valence-corrected chi connectivity index (χ2v) is 14.6. The van der Waals surface area contributed by atoms with Gasteiger partial charge < -0.3 is 0 Å². The Hall–Kier alpha value is -2.38. The van der Waals surface area contributed by atoms with Gasteiger partial charge in [0.15, 0.2) is 0 Å². The molecule has 5 nitrogen and oxygen atoms in total. The summed E-state index contributed by atoms with van der Waals surface area (Å²) in [6, 6.07) is 14.4. The molecule has 0 saturated heterocycles. The molecule has 4 rings (SSSR count). The molecule has 0 amide bonds. The van der Waals surface area contributed by atoms with Gasteiger partial charge in [-0.2, -0.15) is 0 Å². The van der Waals surface area contributed by atoms with Gasteiger partial charge in [0.2, 0.25) is 0 Å². The summed E-state index contributed by atoms with van der Waals surface area (Å²) in [6.45, 7) is 9.01.